The molecular formula is C33H27N3O2. The molecule has 0 aliphatic rings. The first-order valence-electron chi connectivity index (χ1n) is 12.4. The minimum Gasteiger partial charge on any atom is -0.489 e. The van der Waals surface area contributed by atoms with Gasteiger partial charge in [0.15, 0.2) is 0 Å². The van der Waals surface area contributed by atoms with Crippen LogP contribution in [-0.2, 0) is 13.0 Å². The van der Waals surface area contributed by atoms with Crippen molar-refractivity contribution < 1.29 is 9.53 Å². The third-order valence-electron chi connectivity index (χ3n) is 6.10. The largest absolute Gasteiger partial charge is 0.489 e. The fourth-order valence-electron chi connectivity index (χ4n) is 4.22. The average molecular weight is 498 g/mol. The fourth-order valence-corrected chi connectivity index (χ4v) is 4.22. The number of carbonyl (C=O) groups excluding carboxylic acids is 1. The van der Waals surface area contributed by atoms with E-state index in [0.29, 0.717) is 18.6 Å². The minimum absolute atomic E-state index is 0.300. The third kappa shape index (κ3) is 5.85. The first-order chi connectivity index (χ1) is 18.7. The molecule has 5 heteroatoms. The molecule has 0 saturated carbocycles. The molecule has 5 nitrogen and oxygen atoms in total. The Balaban J connectivity index is 1.34. The smallest absolute Gasteiger partial charge is 0.272 e. The summed E-state index contributed by atoms with van der Waals surface area (Å²) in [6.07, 6.45) is 4.13. The number of fused-ring (bicyclic) bond motifs is 1. The van der Waals surface area contributed by atoms with E-state index < -0.39 is 0 Å². The Morgan fingerprint density at radius 2 is 1.63 bits per heavy atom. The summed E-state index contributed by atoms with van der Waals surface area (Å²) in [6, 6.07) is 35.1. The molecule has 1 aromatic heterocycles. The van der Waals surface area contributed by atoms with Gasteiger partial charge in [0, 0.05) is 10.9 Å². The zero-order valence-corrected chi connectivity index (χ0v) is 20.9. The predicted molar refractivity (Wildman–Crippen MR) is 153 cm³/mol. The van der Waals surface area contributed by atoms with E-state index >= 15 is 0 Å². The van der Waals surface area contributed by atoms with E-state index in [-0.39, 0.29) is 5.91 Å². The SMILES string of the molecule is C=CCc1cc(/C=N/NC(=O)c2cc(-c3ccccc3)nc3ccccc23)ccc1OCc1ccccc1. The van der Waals surface area contributed by atoms with Crippen molar-refractivity contribution in [1.82, 2.24) is 10.4 Å². The standard InChI is InChI=1S/C33H27N3O2/c1-2-11-27-20-25(18-19-32(27)38-23-24-12-5-3-6-13-24)22-34-36-33(37)29-21-31(26-14-7-4-8-15-26)35-30-17-10-9-16-28(29)30/h2-10,12-22H,1,11,23H2,(H,36,37)/b34-22+. The minimum atomic E-state index is -0.300. The Labute approximate surface area is 222 Å². The molecular weight excluding hydrogens is 470 g/mol. The molecule has 1 N–H and O–H groups in total. The summed E-state index contributed by atoms with van der Waals surface area (Å²) in [5, 5.41) is 5.01. The van der Waals surface area contributed by atoms with Crippen LogP contribution < -0.4 is 10.2 Å². The van der Waals surface area contributed by atoms with Gasteiger partial charge in [0.2, 0.25) is 0 Å². The number of allylic oxidation sites excluding steroid dienone is 1. The average Bonchev–Trinajstić information content (AvgIpc) is 2.97. The van der Waals surface area contributed by atoms with Crippen molar-refractivity contribution in [2.45, 2.75) is 13.0 Å². The van der Waals surface area contributed by atoms with Crippen LogP contribution in [0.25, 0.3) is 22.2 Å². The normalized spacial score (nSPS) is 10.9. The van der Waals surface area contributed by atoms with Gasteiger partial charge in [0.1, 0.15) is 12.4 Å². The second kappa shape index (κ2) is 11.8. The van der Waals surface area contributed by atoms with Gasteiger partial charge >= 0.3 is 0 Å². The Kier molecular flexibility index (Phi) is 7.66. The maximum atomic E-state index is 13.2. The van der Waals surface area contributed by atoms with Gasteiger partial charge in [-0.2, -0.15) is 5.10 Å². The lowest BCUT2D eigenvalue weighted by molar-refractivity contribution is 0.0956. The number of rotatable bonds is 9. The van der Waals surface area contributed by atoms with E-state index in [9.17, 15) is 4.79 Å². The van der Waals surface area contributed by atoms with Crippen molar-refractivity contribution in [2.75, 3.05) is 0 Å². The molecule has 38 heavy (non-hydrogen) atoms. The number of hydrogen-bond acceptors (Lipinski definition) is 4. The molecule has 0 atom stereocenters. The quantitative estimate of drug-likeness (QED) is 0.136. The van der Waals surface area contributed by atoms with Crippen LogP contribution in [0.2, 0.25) is 0 Å². The lowest BCUT2D eigenvalue weighted by Crippen LogP contribution is -2.18. The van der Waals surface area contributed by atoms with Crippen molar-refractivity contribution in [3.05, 3.63) is 144 Å². The molecule has 1 heterocycles. The molecule has 5 aromatic rings. The summed E-state index contributed by atoms with van der Waals surface area (Å²) in [4.78, 5) is 17.9. The van der Waals surface area contributed by atoms with Crippen molar-refractivity contribution in [3.63, 3.8) is 0 Å². The second-order valence-corrected chi connectivity index (χ2v) is 8.77. The first-order valence-corrected chi connectivity index (χ1v) is 12.4. The Morgan fingerprint density at radius 1 is 0.895 bits per heavy atom. The molecule has 0 unspecified atom stereocenters. The summed E-state index contributed by atoms with van der Waals surface area (Å²) in [5.41, 5.74) is 8.58. The zero-order valence-electron chi connectivity index (χ0n) is 20.9. The highest BCUT2D eigenvalue weighted by molar-refractivity contribution is 6.07. The predicted octanol–water partition coefficient (Wildman–Crippen LogP) is 6.97. The number of hydrogen-bond donors (Lipinski definition) is 1. The Bertz CT molecular complexity index is 1600. The van der Waals surface area contributed by atoms with Crippen LogP contribution in [0.1, 0.15) is 27.0 Å². The van der Waals surface area contributed by atoms with Gasteiger partial charge in [0.25, 0.3) is 5.91 Å². The number of pyridine rings is 1. The van der Waals surface area contributed by atoms with Crippen LogP contribution >= 0.6 is 0 Å². The van der Waals surface area contributed by atoms with Gasteiger partial charge in [-0.3, -0.25) is 4.79 Å². The topological polar surface area (TPSA) is 63.6 Å². The summed E-state index contributed by atoms with van der Waals surface area (Å²) in [5.74, 6) is 0.498. The van der Waals surface area contributed by atoms with E-state index in [1.807, 2.05) is 115 Å². The van der Waals surface area contributed by atoms with Gasteiger partial charge in [-0.15, -0.1) is 6.58 Å². The number of hydrazone groups is 1. The Morgan fingerprint density at radius 3 is 2.42 bits per heavy atom. The number of nitrogens with one attached hydrogen (secondary N) is 1. The maximum Gasteiger partial charge on any atom is 0.272 e. The molecule has 186 valence electrons. The number of amides is 1. The summed E-state index contributed by atoms with van der Waals surface area (Å²) < 4.78 is 6.05. The highest BCUT2D eigenvalue weighted by atomic mass is 16.5. The number of nitrogens with zero attached hydrogens (tertiary/aromatic N) is 2. The third-order valence-corrected chi connectivity index (χ3v) is 6.10. The van der Waals surface area contributed by atoms with Gasteiger partial charge in [0.05, 0.1) is 23.0 Å². The zero-order chi connectivity index (χ0) is 26.2. The van der Waals surface area contributed by atoms with Crippen molar-refractivity contribution >= 4 is 23.0 Å². The Hall–Kier alpha value is -5.03. The van der Waals surface area contributed by atoms with E-state index in [4.69, 9.17) is 9.72 Å². The molecule has 0 aliphatic heterocycles. The van der Waals surface area contributed by atoms with E-state index in [1.54, 1.807) is 6.21 Å². The highest BCUT2D eigenvalue weighted by Gasteiger charge is 2.13. The monoisotopic (exact) mass is 497 g/mol. The molecule has 0 bridgehead atoms. The van der Waals surface area contributed by atoms with Crippen molar-refractivity contribution in [2.24, 2.45) is 5.10 Å². The van der Waals surface area contributed by atoms with E-state index in [2.05, 4.69) is 17.1 Å². The van der Waals surface area contributed by atoms with Crippen LogP contribution in [0, 0.1) is 0 Å². The van der Waals surface area contributed by atoms with E-state index in [0.717, 1.165) is 44.6 Å². The van der Waals surface area contributed by atoms with Gasteiger partial charge in [-0.05, 0) is 53.4 Å². The van der Waals surface area contributed by atoms with Crippen LogP contribution in [0.5, 0.6) is 5.75 Å². The maximum absolute atomic E-state index is 13.2. The van der Waals surface area contributed by atoms with Crippen LogP contribution in [0.15, 0.2) is 127 Å². The fraction of sp³-hybridized carbons (Fsp3) is 0.0606. The first kappa shape index (κ1) is 24.7. The number of para-hydroxylation sites is 1. The second-order valence-electron chi connectivity index (χ2n) is 8.77. The lowest BCUT2D eigenvalue weighted by atomic mass is 10.0. The number of aromatic nitrogens is 1. The lowest BCUT2D eigenvalue weighted by Gasteiger charge is -2.11. The van der Waals surface area contributed by atoms with Gasteiger partial charge in [-0.1, -0.05) is 84.9 Å². The van der Waals surface area contributed by atoms with Crippen LogP contribution in [0.4, 0.5) is 0 Å². The molecule has 1 amide bonds. The molecule has 0 saturated heterocycles. The van der Waals surface area contributed by atoms with Gasteiger partial charge in [-0.25, -0.2) is 10.4 Å². The molecule has 0 spiro atoms. The van der Waals surface area contributed by atoms with Crippen molar-refractivity contribution in [1.29, 1.82) is 0 Å². The summed E-state index contributed by atoms with van der Waals surface area (Å²) in [6.45, 7) is 4.35. The molecule has 4 aromatic carbocycles. The highest BCUT2D eigenvalue weighted by Crippen LogP contribution is 2.25. The molecule has 0 fully saturated rings. The summed E-state index contributed by atoms with van der Waals surface area (Å²) in [7, 11) is 0. The van der Waals surface area contributed by atoms with E-state index in [1.165, 1.54) is 0 Å². The van der Waals surface area contributed by atoms with Crippen LogP contribution in [-0.4, -0.2) is 17.1 Å². The summed E-state index contributed by atoms with van der Waals surface area (Å²) >= 11 is 0. The van der Waals surface area contributed by atoms with Crippen molar-refractivity contribution in [3.8, 4) is 17.0 Å². The molecule has 5 rings (SSSR count). The molecule has 0 aliphatic carbocycles. The number of ether oxygens (including phenoxy) is 1. The molecule has 0 radical (unpaired) electrons. The van der Waals surface area contributed by atoms with Gasteiger partial charge < -0.3 is 4.74 Å². The number of carbonyl (C=O) groups is 1. The van der Waals surface area contributed by atoms with Crippen LogP contribution in [0.3, 0.4) is 0 Å². The number of benzene rings is 4.